The Bertz CT molecular complexity index is 462. The minimum Gasteiger partial charge on any atom is -0.465 e. The van der Waals surface area contributed by atoms with Crippen LogP contribution in [0.25, 0.3) is 0 Å². The maximum Gasteiger partial charge on any atom is 0.337 e. The number of nitrogens with zero attached hydrogens (tertiary/aromatic N) is 1. The summed E-state index contributed by atoms with van der Waals surface area (Å²) in [6, 6.07) is 5.15. The third-order valence-electron chi connectivity index (χ3n) is 3.32. The largest absolute Gasteiger partial charge is 0.465 e. The Morgan fingerprint density at radius 2 is 2.20 bits per heavy atom. The molecule has 3 N–H and O–H groups in total. The molecule has 0 saturated carbocycles. The van der Waals surface area contributed by atoms with Crippen LogP contribution in [0, 0.1) is 0 Å². The maximum atomic E-state index is 11.5. The molecule has 1 aliphatic rings. The molecule has 0 amide bonds. The molecule has 110 valence electrons. The number of nitrogens with one attached hydrogen (secondary N) is 1. The lowest BCUT2D eigenvalue weighted by atomic mass is 10.1. The van der Waals surface area contributed by atoms with Crippen LogP contribution in [0.4, 0.5) is 11.4 Å². The Morgan fingerprint density at radius 1 is 1.45 bits per heavy atom. The summed E-state index contributed by atoms with van der Waals surface area (Å²) in [6.45, 7) is 4.09. The SMILES string of the molecule is COC(=O)c1ccc(N)c(NCCN2CCSCC2)c1. The van der Waals surface area contributed by atoms with E-state index in [-0.39, 0.29) is 5.97 Å². The van der Waals surface area contributed by atoms with Crippen molar-refractivity contribution in [2.45, 2.75) is 0 Å². The molecular weight excluding hydrogens is 274 g/mol. The van der Waals surface area contributed by atoms with Gasteiger partial charge in [0.25, 0.3) is 0 Å². The molecule has 0 aromatic heterocycles. The second-order valence-electron chi connectivity index (χ2n) is 4.67. The first-order valence-corrected chi connectivity index (χ1v) is 7.88. The smallest absolute Gasteiger partial charge is 0.337 e. The van der Waals surface area contributed by atoms with E-state index in [4.69, 9.17) is 10.5 Å². The highest BCUT2D eigenvalue weighted by molar-refractivity contribution is 7.99. The molecule has 1 aromatic carbocycles. The van der Waals surface area contributed by atoms with E-state index in [0.717, 1.165) is 31.9 Å². The molecule has 0 atom stereocenters. The van der Waals surface area contributed by atoms with Crippen molar-refractivity contribution in [2.75, 3.05) is 55.8 Å². The second-order valence-corrected chi connectivity index (χ2v) is 5.90. The van der Waals surface area contributed by atoms with Gasteiger partial charge in [0, 0.05) is 37.7 Å². The number of hydrogen-bond acceptors (Lipinski definition) is 6. The van der Waals surface area contributed by atoms with Crippen molar-refractivity contribution in [3.05, 3.63) is 23.8 Å². The van der Waals surface area contributed by atoms with Crippen molar-refractivity contribution in [3.8, 4) is 0 Å². The molecule has 20 heavy (non-hydrogen) atoms. The van der Waals surface area contributed by atoms with Crippen molar-refractivity contribution in [1.82, 2.24) is 4.90 Å². The van der Waals surface area contributed by atoms with Gasteiger partial charge in [-0.1, -0.05) is 0 Å². The molecular formula is C14H21N3O2S. The highest BCUT2D eigenvalue weighted by Gasteiger charge is 2.11. The van der Waals surface area contributed by atoms with Crippen LogP contribution in [-0.2, 0) is 4.74 Å². The number of anilines is 2. The molecule has 2 rings (SSSR count). The second kappa shape index (κ2) is 7.40. The fourth-order valence-corrected chi connectivity index (χ4v) is 3.11. The molecule has 0 radical (unpaired) electrons. The Hall–Kier alpha value is -1.40. The molecule has 0 spiro atoms. The number of benzene rings is 1. The molecule has 1 aliphatic heterocycles. The monoisotopic (exact) mass is 295 g/mol. The van der Waals surface area contributed by atoms with Gasteiger partial charge in [-0.25, -0.2) is 4.79 Å². The summed E-state index contributed by atoms with van der Waals surface area (Å²) in [5.41, 5.74) is 7.87. The van der Waals surface area contributed by atoms with E-state index in [9.17, 15) is 4.79 Å². The molecule has 6 heteroatoms. The molecule has 0 bridgehead atoms. The first kappa shape index (κ1) is 15.0. The summed E-state index contributed by atoms with van der Waals surface area (Å²) in [7, 11) is 1.38. The number of carbonyl (C=O) groups is 1. The van der Waals surface area contributed by atoms with Gasteiger partial charge in [-0.2, -0.15) is 11.8 Å². The lowest BCUT2D eigenvalue weighted by Gasteiger charge is -2.26. The minimum atomic E-state index is -0.346. The van der Waals surface area contributed by atoms with E-state index in [2.05, 4.69) is 10.2 Å². The van der Waals surface area contributed by atoms with E-state index in [1.54, 1.807) is 18.2 Å². The average Bonchev–Trinajstić information content (AvgIpc) is 2.49. The third kappa shape index (κ3) is 4.05. The van der Waals surface area contributed by atoms with Gasteiger partial charge in [-0.3, -0.25) is 4.90 Å². The van der Waals surface area contributed by atoms with E-state index in [1.807, 2.05) is 11.8 Å². The van der Waals surface area contributed by atoms with Gasteiger partial charge >= 0.3 is 5.97 Å². The van der Waals surface area contributed by atoms with Crippen molar-refractivity contribution in [3.63, 3.8) is 0 Å². The van der Waals surface area contributed by atoms with Gasteiger partial charge < -0.3 is 15.8 Å². The summed E-state index contributed by atoms with van der Waals surface area (Å²) >= 11 is 2.01. The summed E-state index contributed by atoms with van der Waals surface area (Å²) in [4.78, 5) is 13.9. The number of nitrogens with two attached hydrogens (primary N) is 1. The van der Waals surface area contributed by atoms with Crippen LogP contribution < -0.4 is 11.1 Å². The van der Waals surface area contributed by atoms with Gasteiger partial charge in [0.2, 0.25) is 0 Å². The Morgan fingerprint density at radius 3 is 2.90 bits per heavy atom. The van der Waals surface area contributed by atoms with Crippen LogP contribution in [0.3, 0.4) is 0 Å². The summed E-state index contributed by atoms with van der Waals surface area (Å²) in [5, 5.41) is 3.30. The first-order valence-electron chi connectivity index (χ1n) is 6.72. The van der Waals surface area contributed by atoms with E-state index in [1.165, 1.54) is 18.6 Å². The highest BCUT2D eigenvalue weighted by atomic mass is 32.2. The molecule has 0 aliphatic carbocycles. The number of methoxy groups -OCH3 is 1. The third-order valence-corrected chi connectivity index (χ3v) is 4.26. The van der Waals surface area contributed by atoms with Crippen LogP contribution in [0.5, 0.6) is 0 Å². The van der Waals surface area contributed by atoms with Gasteiger partial charge in [0.15, 0.2) is 0 Å². The molecule has 0 unspecified atom stereocenters. The van der Waals surface area contributed by atoms with E-state index in [0.29, 0.717) is 11.3 Å². The normalized spacial score (nSPS) is 15.8. The standard InChI is InChI=1S/C14H21N3O2S/c1-19-14(18)11-2-3-12(15)13(10-11)16-4-5-17-6-8-20-9-7-17/h2-3,10,16H,4-9,15H2,1H3. The summed E-state index contributed by atoms with van der Waals surface area (Å²) < 4.78 is 4.71. The lowest BCUT2D eigenvalue weighted by molar-refractivity contribution is 0.0601. The molecule has 1 saturated heterocycles. The Balaban J connectivity index is 1.89. The van der Waals surface area contributed by atoms with Crippen LogP contribution in [-0.4, -0.2) is 55.7 Å². The van der Waals surface area contributed by atoms with E-state index >= 15 is 0 Å². The zero-order valence-electron chi connectivity index (χ0n) is 11.7. The Labute approximate surface area is 123 Å². The summed E-state index contributed by atoms with van der Waals surface area (Å²) in [6.07, 6.45) is 0. The highest BCUT2D eigenvalue weighted by Crippen LogP contribution is 2.20. The quantitative estimate of drug-likeness (QED) is 0.634. The fourth-order valence-electron chi connectivity index (χ4n) is 2.13. The van der Waals surface area contributed by atoms with Crippen LogP contribution >= 0.6 is 11.8 Å². The Kier molecular flexibility index (Phi) is 5.55. The number of rotatable bonds is 5. The predicted octanol–water partition coefficient (Wildman–Crippen LogP) is 1.52. The minimum absolute atomic E-state index is 0.346. The van der Waals surface area contributed by atoms with Gasteiger partial charge in [0.05, 0.1) is 24.0 Å². The van der Waals surface area contributed by atoms with Crippen LogP contribution in [0.15, 0.2) is 18.2 Å². The number of nitrogen functional groups attached to an aromatic ring is 1. The number of ether oxygens (including phenoxy) is 1. The predicted molar refractivity (Wildman–Crippen MR) is 84.4 cm³/mol. The van der Waals surface area contributed by atoms with Crippen LogP contribution in [0.2, 0.25) is 0 Å². The van der Waals surface area contributed by atoms with Crippen LogP contribution in [0.1, 0.15) is 10.4 Å². The van der Waals surface area contributed by atoms with Crippen molar-refractivity contribution in [2.24, 2.45) is 0 Å². The lowest BCUT2D eigenvalue weighted by Crippen LogP contribution is -2.36. The first-order chi connectivity index (χ1) is 9.70. The van der Waals surface area contributed by atoms with Crippen molar-refractivity contribution in [1.29, 1.82) is 0 Å². The topological polar surface area (TPSA) is 67.6 Å². The van der Waals surface area contributed by atoms with E-state index < -0.39 is 0 Å². The van der Waals surface area contributed by atoms with Gasteiger partial charge in [0.1, 0.15) is 0 Å². The van der Waals surface area contributed by atoms with Crippen molar-refractivity contribution < 1.29 is 9.53 Å². The van der Waals surface area contributed by atoms with Gasteiger partial charge in [-0.15, -0.1) is 0 Å². The average molecular weight is 295 g/mol. The number of esters is 1. The number of hydrogen-bond donors (Lipinski definition) is 2. The zero-order valence-corrected chi connectivity index (χ0v) is 12.5. The zero-order chi connectivity index (χ0) is 14.4. The number of carbonyl (C=O) groups excluding carboxylic acids is 1. The molecule has 1 fully saturated rings. The summed E-state index contributed by atoms with van der Waals surface area (Å²) in [5.74, 6) is 2.07. The number of thioether (sulfide) groups is 1. The van der Waals surface area contributed by atoms with Crippen molar-refractivity contribution >= 4 is 29.1 Å². The fraction of sp³-hybridized carbons (Fsp3) is 0.500. The molecule has 5 nitrogen and oxygen atoms in total. The maximum absolute atomic E-state index is 11.5. The van der Waals surface area contributed by atoms with Gasteiger partial charge in [-0.05, 0) is 18.2 Å². The molecule has 1 aromatic rings. The molecule has 1 heterocycles.